The van der Waals surface area contributed by atoms with Gasteiger partial charge in [-0.15, -0.1) is 0 Å². The van der Waals surface area contributed by atoms with Crippen molar-refractivity contribution in [3.8, 4) is 5.88 Å². The number of aldehydes is 1. The van der Waals surface area contributed by atoms with E-state index in [2.05, 4.69) is 4.98 Å². The lowest BCUT2D eigenvalue weighted by Gasteiger charge is -2.09. The zero-order chi connectivity index (χ0) is 11.4. The highest BCUT2D eigenvalue weighted by Crippen LogP contribution is 2.27. The summed E-state index contributed by atoms with van der Waals surface area (Å²) in [7, 11) is 1.25. The zero-order valence-corrected chi connectivity index (χ0v) is 8.04. The van der Waals surface area contributed by atoms with Crippen molar-refractivity contribution in [1.29, 1.82) is 0 Å². The Morgan fingerprint density at radius 2 is 2.33 bits per heavy atom. The minimum Gasteiger partial charge on any atom is -0.480 e. The molecule has 1 rings (SSSR count). The third kappa shape index (κ3) is 2.27. The maximum absolute atomic E-state index is 12.6. The van der Waals surface area contributed by atoms with Gasteiger partial charge in [0.1, 0.15) is 0 Å². The highest BCUT2D eigenvalue weighted by molar-refractivity contribution is 5.80. The number of carbonyl (C=O) groups is 1. The number of pyridine rings is 1. The molecule has 2 N–H and O–H groups in total. The van der Waals surface area contributed by atoms with Crippen molar-refractivity contribution in [2.24, 2.45) is 5.73 Å². The predicted octanol–water partition coefficient (Wildman–Crippen LogP) is 1.30. The molecule has 82 valence electrons. The molecule has 0 spiro atoms. The van der Waals surface area contributed by atoms with E-state index in [9.17, 15) is 13.6 Å². The van der Waals surface area contributed by atoms with Crippen molar-refractivity contribution in [3.05, 3.63) is 22.9 Å². The normalized spacial score (nSPS) is 10.5. The smallest absolute Gasteiger partial charge is 0.264 e. The SMILES string of the molecule is COc1nc(CN)cc(C(F)F)c1C=O. The fraction of sp³-hybridized carbons (Fsp3) is 0.333. The highest BCUT2D eigenvalue weighted by atomic mass is 19.3. The molecule has 0 aliphatic heterocycles. The number of nitrogens with zero attached hydrogens (tertiary/aromatic N) is 1. The molecule has 1 aromatic heterocycles. The van der Waals surface area contributed by atoms with Crippen LogP contribution in [0, 0.1) is 0 Å². The van der Waals surface area contributed by atoms with E-state index in [0.717, 1.165) is 6.07 Å². The topological polar surface area (TPSA) is 65.2 Å². The average Bonchev–Trinajstić information content (AvgIpc) is 2.26. The van der Waals surface area contributed by atoms with E-state index in [1.165, 1.54) is 7.11 Å². The molecular formula is C9H10F2N2O2. The van der Waals surface area contributed by atoms with Gasteiger partial charge in [0.25, 0.3) is 6.43 Å². The summed E-state index contributed by atoms with van der Waals surface area (Å²) in [5, 5.41) is 0. The van der Waals surface area contributed by atoms with Crippen molar-refractivity contribution in [3.63, 3.8) is 0 Å². The molecule has 0 bridgehead atoms. The van der Waals surface area contributed by atoms with Gasteiger partial charge in [0.05, 0.1) is 18.4 Å². The standard InChI is InChI=1S/C9H10F2N2O2/c1-15-9-7(4-14)6(8(10)11)2-5(3-12)13-9/h2,4,8H,3,12H2,1H3. The van der Waals surface area contributed by atoms with E-state index < -0.39 is 12.0 Å². The second-order valence-electron chi connectivity index (χ2n) is 2.75. The molecule has 15 heavy (non-hydrogen) atoms. The van der Waals surface area contributed by atoms with Crippen LogP contribution in [0.3, 0.4) is 0 Å². The van der Waals surface area contributed by atoms with E-state index in [1.54, 1.807) is 0 Å². The Bertz CT molecular complexity index is 369. The molecule has 0 saturated heterocycles. The van der Waals surface area contributed by atoms with Crippen LogP contribution in [0.4, 0.5) is 8.78 Å². The summed E-state index contributed by atoms with van der Waals surface area (Å²) in [6.07, 6.45) is -2.46. The lowest BCUT2D eigenvalue weighted by atomic mass is 10.1. The van der Waals surface area contributed by atoms with Crippen LogP contribution in [0.5, 0.6) is 5.88 Å². The number of hydrogen-bond acceptors (Lipinski definition) is 4. The van der Waals surface area contributed by atoms with Crippen LogP contribution in [0.25, 0.3) is 0 Å². The Hall–Kier alpha value is -1.56. The Morgan fingerprint density at radius 1 is 1.67 bits per heavy atom. The van der Waals surface area contributed by atoms with Gasteiger partial charge in [0.2, 0.25) is 5.88 Å². The van der Waals surface area contributed by atoms with Crippen LogP contribution < -0.4 is 10.5 Å². The summed E-state index contributed by atoms with van der Waals surface area (Å²) < 4.78 is 29.9. The Morgan fingerprint density at radius 3 is 2.73 bits per heavy atom. The summed E-state index contributed by atoms with van der Waals surface area (Å²) in [6.45, 7) is 0.00914. The quantitative estimate of drug-likeness (QED) is 0.770. The molecule has 1 aromatic rings. The molecule has 0 amide bonds. The molecule has 4 nitrogen and oxygen atoms in total. The first-order chi connectivity index (χ1) is 7.13. The van der Waals surface area contributed by atoms with Crippen molar-refractivity contribution >= 4 is 6.29 Å². The molecule has 0 aliphatic rings. The number of carbonyl (C=O) groups excluding carboxylic acids is 1. The monoisotopic (exact) mass is 216 g/mol. The summed E-state index contributed by atoms with van der Waals surface area (Å²) in [4.78, 5) is 14.4. The first-order valence-corrected chi connectivity index (χ1v) is 4.15. The number of alkyl halides is 2. The second kappa shape index (κ2) is 4.79. The van der Waals surface area contributed by atoms with Crippen LogP contribution >= 0.6 is 0 Å². The molecule has 0 saturated carbocycles. The number of aromatic nitrogens is 1. The number of nitrogens with two attached hydrogens (primary N) is 1. The van der Waals surface area contributed by atoms with E-state index in [0.29, 0.717) is 6.29 Å². The van der Waals surface area contributed by atoms with Gasteiger partial charge in [-0.25, -0.2) is 13.8 Å². The van der Waals surface area contributed by atoms with Crippen LogP contribution in [0.2, 0.25) is 0 Å². The largest absolute Gasteiger partial charge is 0.480 e. The Balaban J connectivity index is 3.38. The number of methoxy groups -OCH3 is 1. The van der Waals surface area contributed by atoms with Crippen LogP contribution in [0.15, 0.2) is 6.07 Å². The number of rotatable bonds is 4. The minimum absolute atomic E-state index is 0.00914. The molecular weight excluding hydrogens is 206 g/mol. The predicted molar refractivity (Wildman–Crippen MR) is 49.0 cm³/mol. The fourth-order valence-electron chi connectivity index (χ4n) is 1.16. The highest BCUT2D eigenvalue weighted by Gasteiger charge is 2.19. The molecule has 0 unspecified atom stereocenters. The molecule has 1 heterocycles. The maximum Gasteiger partial charge on any atom is 0.264 e. The minimum atomic E-state index is -2.76. The van der Waals surface area contributed by atoms with Crippen LogP contribution in [-0.4, -0.2) is 18.4 Å². The van der Waals surface area contributed by atoms with Gasteiger partial charge in [-0.05, 0) is 6.07 Å². The molecule has 6 heteroatoms. The Kier molecular flexibility index (Phi) is 3.68. The van der Waals surface area contributed by atoms with E-state index in [1.807, 2.05) is 0 Å². The van der Waals surface area contributed by atoms with Crippen LogP contribution in [0.1, 0.15) is 28.0 Å². The average molecular weight is 216 g/mol. The van der Waals surface area contributed by atoms with Crippen molar-refractivity contribution in [2.75, 3.05) is 7.11 Å². The van der Waals surface area contributed by atoms with Crippen LogP contribution in [-0.2, 0) is 6.54 Å². The van der Waals surface area contributed by atoms with Crippen molar-refractivity contribution < 1.29 is 18.3 Å². The maximum atomic E-state index is 12.6. The summed E-state index contributed by atoms with van der Waals surface area (Å²) in [5.74, 6) is -0.122. The lowest BCUT2D eigenvalue weighted by molar-refractivity contribution is 0.110. The first kappa shape index (κ1) is 11.5. The van der Waals surface area contributed by atoms with Crippen molar-refractivity contribution in [2.45, 2.75) is 13.0 Å². The van der Waals surface area contributed by atoms with Crippen molar-refractivity contribution in [1.82, 2.24) is 4.98 Å². The van der Waals surface area contributed by atoms with Gasteiger partial charge in [-0.3, -0.25) is 4.79 Å². The number of halogens is 2. The molecule has 0 radical (unpaired) electrons. The summed E-state index contributed by atoms with van der Waals surface area (Å²) >= 11 is 0. The van der Waals surface area contributed by atoms with Gasteiger partial charge in [-0.1, -0.05) is 0 Å². The Labute approximate surface area is 85.1 Å². The van der Waals surface area contributed by atoms with Gasteiger partial charge in [0.15, 0.2) is 6.29 Å². The summed E-state index contributed by atoms with van der Waals surface area (Å²) in [5.41, 5.74) is 4.90. The molecule has 0 atom stereocenters. The summed E-state index contributed by atoms with van der Waals surface area (Å²) in [6, 6.07) is 1.11. The van der Waals surface area contributed by atoms with Gasteiger partial charge >= 0.3 is 0 Å². The third-order valence-corrected chi connectivity index (χ3v) is 1.86. The van der Waals surface area contributed by atoms with E-state index in [4.69, 9.17) is 10.5 Å². The van der Waals surface area contributed by atoms with Gasteiger partial charge in [0, 0.05) is 12.1 Å². The molecule has 0 aliphatic carbocycles. The van der Waals surface area contributed by atoms with Gasteiger partial charge < -0.3 is 10.5 Å². The van der Waals surface area contributed by atoms with E-state index in [-0.39, 0.29) is 23.7 Å². The first-order valence-electron chi connectivity index (χ1n) is 4.15. The van der Waals surface area contributed by atoms with Gasteiger partial charge in [-0.2, -0.15) is 0 Å². The fourth-order valence-corrected chi connectivity index (χ4v) is 1.16. The second-order valence-corrected chi connectivity index (χ2v) is 2.75. The number of hydrogen-bond donors (Lipinski definition) is 1. The third-order valence-electron chi connectivity index (χ3n) is 1.86. The number of ether oxygens (including phenoxy) is 1. The van der Waals surface area contributed by atoms with E-state index >= 15 is 0 Å². The molecule has 0 aromatic carbocycles. The lowest BCUT2D eigenvalue weighted by Crippen LogP contribution is -2.07. The molecule has 0 fully saturated rings. The zero-order valence-electron chi connectivity index (χ0n) is 8.04.